The van der Waals surface area contributed by atoms with Crippen LogP contribution in [0, 0.1) is 6.92 Å². The number of amides is 1. The van der Waals surface area contributed by atoms with E-state index >= 15 is 0 Å². The van der Waals surface area contributed by atoms with Crippen LogP contribution in [0.5, 0.6) is 0 Å². The van der Waals surface area contributed by atoms with Crippen LogP contribution in [0.15, 0.2) is 60.7 Å². The Morgan fingerprint density at radius 1 is 1.03 bits per heavy atom. The third kappa shape index (κ3) is 5.12. The molecule has 0 unspecified atom stereocenters. The zero-order valence-corrected chi connectivity index (χ0v) is 17.5. The molecule has 29 heavy (non-hydrogen) atoms. The fraction of sp³-hybridized carbons (Fsp3) is 0.250. The Kier molecular flexibility index (Phi) is 6.83. The molecule has 3 aromatic rings. The Hall–Kier alpha value is -2.92. The zero-order chi connectivity index (χ0) is 20.8. The van der Waals surface area contributed by atoms with Crippen LogP contribution in [0.25, 0.3) is 10.4 Å². The van der Waals surface area contributed by atoms with Crippen LogP contribution in [0.3, 0.4) is 0 Å². The molecule has 0 spiro atoms. The molecule has 0 aliphatic carbocycles. The second kappa shape index (κ2) is 9.52. The van der Waals surface area contributed by atoms with E-state index in [-0.39, 0.29) is 10.8 Å². The fourth-order valence-corrected chi connectivity index (χ4v) is 4.13. The number of thiophene rings is 1. The summed E-state index contributed by atoms with van der Waals surface area (Å²) < 4.78 is 0. The van der Waals surface area contributed by atoms with Gasteiger partial charge in [0.05, 0.1) is 12.2 Å². The Labute approximate surface area is 175 Å². The summed E-state index contributed by atoms with van der Waals surface area (Å²) in [5.74, 6) is -1.06. The number of benzene rings is 2. The molecule has 1 aromatic heterocycles. The van der Waals surface area contributed by atoms with Gasteiger partial charge in [0.25, 0.3) is 0 Å². The number of carboxylic acid groups (broad SMARTS) is 1. The molecule has 150 valence electrons. The number of unbranched alkanes of at least 4 members (excludes halogenated alkanes) is 1. The molecule has 0 fully saturated rings. The van der Waals surface area contributed by atoms with Crippen molar-refractivity contribution in [3.63, 3.8) is 0 Å². The maximum absolute atomic E-state index is 13.0. The molecule has 3 rings (SSSR count). The minimum atomic E-state index is -1.01. The van der Waals surface area contributed by atoms with Crippen molar-refractivity contribution in [3.05, 3.63) is 76.7 Å². The molecule has 5 heteroatoms. The van der Waals surface area contributed by atoms with Crippen molar-refractivity contribution >= 4 is 28.9 Å². The number of carbonyl (C=O) groups excluding carboxylic acids is 1. The van der Waals surface area contributed by atoms with Gasteiger partial charge in [-0.25, -0.2) is 4.79 Å². The van der Waals surface area contributed by atoms with E-state index in [1.807, 2.05) is 74.5 Å². The van der Waals surface area contributed by atoms with E-state index in [1.165, 1.54) is 11.3 Å². The predicted octanol–water partition coefficient (Wildman–Crippen LogP) is 6.15. The number of carbonyl (C=O) groups is 2. The number of nitrogens with zero attached hydrogens (tertiary/aromatic N) is 1. The number of rotatable bonds is 8. The molecular formula is C24H25NO3S. The number of hydrogen-bond donors (Lipinski definition) is 1. The number of aromatic carboxylic acids is 1. The molecule has 0 bridgehead atoms. The fourth-order valence-electron chi connectivity index (χ4n) is 3.13. The molecule has 1 heterocycles. The summed E-state index contributed by atoms with van der Waals surface area (Å²) in [7, 11) is 0. The van der Waals surface area contributed by atoms with Crippen LogP contribution >= 0.6 is 11.3 Å². The molecule has 0 saturated heterocycles. The Morgan fingerprint density at radius 3 is 2.34 bits per heavy atom. The van der Waals surface area contributed by atoms with Crippen LogP contribution < -0.4 is 4.90 Å². The third-order valence-electron chi connectivity index (χ3n) is 4.76. The number of carboxylic acids is 1. The van der Waals surface area contributed by atoms with E-state index < -0.39 is 5.97 Å². The molecule has 0 saturated carbocycles. The van der Waals surface area contributed by atoms with Gasteiger partial charge >= 0.3 is 5.97 Å². The molecular weight excluding hydrogens is 382 g/mol. The first kappa shape index (κ1) is 20.8. The van der Waals surface area contributed by atoms with E-state index in [1.54, 1.807) is 4.90 Å². The minimum Gasteiger partial charge on any atom is -0.477 e. The van der Waals surface area contributed by atoms with Crippen molar-refractivity contribution in [2.45, 2.75) is 39.7 Å². The molecule has 2 aromatic carbocycles. The Bertz CT molecular complexity index is 977. The lowest BCUT2D eigenvalue weighted by molar-refractivity contribution is -0.118. The monoisotopic (exact) mass is 407 g/mol. The maximum Gasteiger partial charge on any atom is 0.348 e. The summed E-state index contributed by atoms with van der Waals surface area (Å²) in [4.78, 5) is 27.7. The van der Waals surface area contributed by atoms with Crippen molar-refractivity contribution < 1.29 is 14.7 Å². The van der Waals surface area contributed by atoms with Crippen molar-refractivity contribution in [2.24, 2.45) is 0 Å². The highest BCUT2D eigenvalue weighted by Crippen LogP contribution is 2.38. The van der Waals surface area contributed by atoms with Crippen molar-refractivity contribution in [2.75, 3.05) is 4.90 Å². The number of anilines is 1. The lowest BCUT2D eigenvalue weighted by atomic mass is 10.1. The molecule has 4 nitrogen and oxygen atoms in total. The van der Waals surface area contributed by atoms with Gasteiger partial charge in [0.15, 0.2) is 0 Å². The van der Waals surface area contributed by atoms with Crippen molar-refractivity contribution in [3.8, 4) is 10.4 Å². The first-order valence-electron chi connectivity index (χ1n) is 9.78. The largest absolute Gasteiger partial charge is 0.477 e. The van der Waals surface area contributed by atoms with E-state index in [2.05, 4.69) is 0 Å². The van der Waals surface area contributed by atoms with Gasteiger partial charge in [0.2, 0.25) is 5.91 Å². The van der Waals surface area contributed by atoms with Gasteiger partial charge in [-0.3, -0.25) is 4.79 Å². The lowest BCUT2D eigenvalue weighted by Gasteiger charge is -2.23. The normalized spacial score (nSPS) is 10.7. The summed E-state index contributed by atoms with van der Waals surface area (Å²) in [5, 5.41) is 9.81. The first-order chi connectivity index (χ1) is 14.0. The summed E-state index contributed by atoms with van der Waals surface area (Å²) >= 11 is 1.21. The quantitative estimate of drug-likeness (QED) is 0.487. The van der Waals surface area contributed by atoms with Gasteiger partial charge in [0.1, 0.15) is 4.88 Å². The van der Waals surface area contributed by atoms with Crippen molar-refractivity contribution in [1.29, 1.82) is 0 Å². The topological polar surface area (TPSA) is 57.6 Å². The van der Waals surface area contributed by atoms with E-state index in [0.717, 1.165) is 34.4 Å². The van der Waals surface area contributed by atoms with Crippen LogP contribution in [0.1, 0.15) is 47.0 Å². The molecule has 0 aliphatic heterocycles. The van der Waals surface area contributed by atoms with Gasteiger partial charge < -0.3 is 10.0 Å². The zero-order valence-electron chi connectivity index (χ0n) is 16.7. The Balaban J connectivity index is 2.03. The second-order valence-corrected chi connectivity index (χ2v) is 8.12. The van der Waals surface area contributed by atoms with Gasteiger partial charge in [0, 0.05) is 11.3 Å². The van der Waals surface area contributed by atoms with Gasteiger partial charge in [-0.1, -0.05) is 73.5 Å². The number of hydrogen-bond acceptors (Lipinski definition) is 3. The summed E-state index contributed by atoms with van der Waals surface area (Å²) in [6.07, 6.45) is 2.09. The third-order valence-corrected chi connectivity index (χ3v) is 5.92. The van der Waals surface area contributed by atoms with Crippen molar-refractivity contribution in [1.82, 2.24) is 0 Å². The van der Waals surface area contributed by atoms with E-state index in [9.17, 15) is 14.7 Å². The summed E-state index contributed by atoms with van der Waals surface area (Å²) in [6.45, 7) is 4.41. The van der Waals surface area contributed by atoms with Gasteiger partial charge in [-0.2, -0.15) is 0 Å². The van der Waals surface area contributed by atoms with Gasteiger partial charge in [-0.05, 0) is 30.5 Å². The maximum atomic E-state index is 13.0. The average molecular weight is 408 g/mol. The highest BCUT2D eigenvalue weighted by atomic mass is 32.1. The lowest BCUT2D eigenvalue weighted by Crippen LogP contribution is -2.31. The minimum absolute atomic E-state index is 0.0488. The highest BCUT2D eigenvalue weighted by Gasteiger charge is 2.25. The average Bonchev–Trinajstić information content (AvgIpc) is 3.17. The molecule has 0 aliphatic rings. The molecule has 0 radical (unpaired) electrons. The smallest absolute Gasteiger partial charge is 0.348 e. The molecule has 1 amide bonds. The van der Waals surface area contributed by atoms with Crippen LogP contribution in [-0.2, 0) is 11.3 Å². The van der Waals surface area contributed by atoms with E-state index in [4.69, 9.17) is 0 Å². The Morgan fingerprint density at radius 2 is 1.72 bits per heavy atom. The van der Waals surface area contributed by atoms with Crippen LogP contribution in [-0.4, -0.2) is 17.0 Å². The summed E-state index contributed by atoms with van der Waals surface area (Å²) in [6, 6.07) is 19.5. The van der Waals surface area contributed by atoms with E-state index in [0.29, 0.717) is 18.7 Å². The predicted molar refractivity (Wildman–Crippen MR) is 119 cm³/mol. The first-order valence-corrected chi connectivity index (χ1v) is 10.6. The van der Waals surface area contributed by atoms with Crippen LogP contribution in [0.2, 0.25) is 0 Å². The highest BCUT2D eigenvalue weighted by molar-refractivity contribution is 7.18. The summed E-state index contributed by atoms with van der Waals surface area (Å²) in [5.41, 5.74) is 3.54. The molecule has 1 N–H and O–H groups in total. The molecule has 0 atom stereocenters. The number of aryl methyl sites for hydroxylation is 1. The van der Waals surface area contributed by atoms with Crippen LogP contribution in [0.4, 0.5) is 5.69 Å². The van der Waals surface area contributed by atoms with Gasteiger partial charge in [-0.15, -0.1) is 11.3 Å². The second-order valence-electron chi connectivity index (χ2n) is 7.07. The standard InChI is InChI=1S/C24H25NO3S/c1-3-4-10-22(26)25(16-18-13-11-17(2)12-14-18)20-15-21(29-23(20)24(27)28)19-8-6-5-7-9-19/h5-9,11-15H,3-4,10,16H2,1-2H3,(H,27,28). The SMILES string of the molecule is CCCCC(=O)N(Cc1ccc(C)cc1)c1cc(-c2ccccc2)sc1C(=O)O.